The molecule has 0 unspecified atom stereocenters. The van der Waals surface area contributed by atoms with Gasteiger partial charge in [-0.05, 0) is 69.5 Å². The number of carbonyl (C=O) groups is 1. The van der Waals surface area contributed by atoms with Crippen molar-refractivity contribution in [3.05, 3.63) is 59.6 Å². The lowest BCUT2D eigenvalue weighted by Gasteiger charge is -2.39. The van der Waals surface area contributed by atoms with Crippen molar-refractivity contribution in [2.24, 2.45) is 0 Å². The summed E-state index contributed by atoms with van der Waals surface area (Å²) >= 11 is 7.49. The number of thioether (sulfide) groups is 1. The van der Waals surface area contributed by atoms with Crippen LogP contribution in [0.2, 0.25) is 5.02 Å². The smallest absolute Gasteiger partial charge is 0.233 e. The van der Waals surface area contributed by atoms with Crippen LogP contribution in [0.1, 0.15) is 33.1 Å². The van der Waals surface area contributed by atoms with Gasteiger partial charge in [0, 0.05) is 28.4 Å². The molecule has 1 saturated heterocycles. The topological polar surface area (TPSA) is 51.0 Å². The summed E-state index contributed by atoms with van der Waals surface area (Å²) in [6.45, 7) is 4.28. The molecule has 4 rings (SSSR count). The minimum Gasteiger partial charge on any atom is -0.337 e. The standard InChI is InChI=1S/C23H25ClN4OS/c1-16-7-6-8-17(2)27(16)21(29)15-30-23-26-25-22(18-11-13-19(24)14-12-18)28(23)20-9-4-3-5-10-20/h3-5,9-14,16-17H,6-8,15H2,1-2H3/t16-,17-/m0/s1. The maximum absolute atomic E-state index is 13.0. The van der Waals surface area contributed by atoms with Gasteiger partial charge in [0.25, 0.3) is 0 Å². The van der Waals surface area contributed by atoms with E-state index in [0.717, 1.165) is 29.9 Å². The molecule has 2 aromatic carbocycles. The molecule has 0 bridgehead atoms. The lowest BCUT2D eigenvalue weighted by Crippen LogP contribution is -2.48. The second-order valence-electron chi connectivity index (χ2n) is 7.70. The van der Waals surface area contributed by atoms with Gasteiger partial charge in [-0.25, -0.2) is 0 Å². The van der Waals surface area contributed by atoms with Gasteiger partial charge in [-0.15, -0.1) is 10.2 Å². The molecular weight excluding hydrogens is 416 g/mol. The van der Waals surface area contributed by atoms with E-state index in [-0.39, 0.29) is 5.91 Å². The average Bonchev–Trinajstić information content (AvgIpc) is 3.17. The van der Waals surface area contributed by atoms with Crippen molar-refractivity contribution in [2.75, 3.05) is 5.75 Å². The normalized spacial score (nSPS) is 19.1. The number of benzene rings is 2. The zero-order valence-corrected chi connectivity index (χ0v) is 18.7. The van der Waals surface area contributed by atoms with Gasteiger partial charge in [0.2, 0.25) is 5.91 Å². The number of piperidine rings is 1. The minimum absolute atomic E-state index is 0.162. The van der Waals surface area contributed by atoms with Crippen molar-refractivity contribution in [2.45, 2.75) is 50.4 Å². The van der Waals surface area contributed by atoms with E-state index in [2.05, 4.69) is 24.0 Å². The first kappa shape index (κ1) is 20.9. The van der Waals surface area contributed by atoms with Gasteiger partial charge in [0.05, 0.1) is 5.75 Å². The fourth-order valence-electron chi connectivity index (χ4n) is 4.07. The molecular formula is C23H25ClN4OS. The number of likely N-dealkylation sites (tertiary alicyclic amines) is 1. The van der Waals surface area contributed by atoms with Crippen molar-refractivity contribution in [1.29, 1.82) is 0 Å². The molecule has 0 radical (unpaired) electrons. The van der Waals surface area contributed by atoms with Crippen LogP contribution >= 0.6 is 23.4 Å². The van der Waals surface area contributed by atoms with Gasteiger partial charge in [-0.1, -0.05) is 41.6 Å². The van der Waals surface area contributed by atoms with Crippen LogP contribution in [0.25, 0.3) is 17.1 Å². The van der Waals surface area contributed by atoms with Gasteiger partial charge < -0.3 is 4.90 Å². The van der Waals surface area contributed by atoms with Crippen LogP contribution < -0.4 is 0 Å². The molecule has 1 aliphatic rings. The van der Waals surface area contributed by atoms with Gasteiger partial charge in [0.1, 0.15) is 0 Å². The molecule has 2 heterocycles. The fourth-order valence-corrected chi connectivity index (χ4v) is 5.02. The first-order chi connectivity index (χ1) is 14.5. The summed E-state index contributed by atoms with van der Waals surface area (Å²) in [6.07, 6.45) is 3.33. The van der Waals surface area contributed by atoms with Crippen LogP contribution in [0, 0.1) is 0 Å². The van der Waals surface area contributed by atoms with E-state index < -0.39 is 0 Å². The van der Waals surface area contributed by atoms with Crippen molar-refractivity contribution >= 4 is 29.3 Å². The summed E-state index contributed by atoms with van der Waals surface area (Å²) in [6, 6.07) is 18.1. The lowest BCUT2D eigenvalue weighted by molar-refractivity contribution is -0.134. The van der Waals surface area contributed by atoms with E-state index in [1.54, 1.807) is 0 Å². The Hall–Kier alpha value is -2.31. The Morgan fingerprint density at radius 1 is 1.03 bits per heavy atom. The molecule has 0 saturated carbocycles. The van der Waals surface area contributed by atoms with Gasteiger partial charge >= 0.3 is 0 Å². The van der Waals surface area contributed by atoms with Crippen LogP contribution in [-0.4, -0.2) is 43.4 Å². The van der Waals surface area contributed by atoms with Crippen molar-refractivity contribution in [3.63, 3.8) is 0 Å². The molecule has 7 heteroatoms. The van der Waals surface area contributed by atoms with E-state index in [9.17, 15) is 4.79 Å². The molecule has 1 fully saturated rings. The number of hydrogen-bond acceptors (Lipinski definition) is 4. The zero-order chi connectivity index (χ0) is 21.1. The number of amides is 1. The molecule has 1 aromatic heterocycles. The highest BCUT2D eigenvalue weighted by Gasteiger charge is 2.29. The van der Waals surface area contributed by atoms with Crippen LogP contribution in [-0.2, 0) is 4.79 Å². The second kappa shape index (κ2) is 9.23. The second-order valence-corrected chi connectivity index (χ2v) is 9.08. The number of carbonyl (C=O) groups excluding carboxylic acids is 1. The lowest BCUT2D eigenvalue weighted by atomic mass is 9.98. The Labute approximate surface area is 186 Å². The zero-order valence-electron chi connectivity index (χ0n) is 17.2. The number of aromatic nitrogens is 3. The van der Waals surface area contributed by atoms with Crippen LogP contribution in [0.3, 0.4) is 0 Å². The third kappa shape index (κ3) is 4.40. The summed E-state index contributed by atoms with van der Waals surface area (Å²) in [5.74, 6) is 1.24. The summed E-state index contributed by atoms with van der Waals surface area (Å²) in [7, 11) is 0. The number of nitrogens with zero attached hydrogens (tertiary/aromatic N) is 4. The van der Waals surface area contributed by atoms with E-state index in [4.69, 9.17) is 11.6 Å². The number of hydrogen-bond donors (Lipinski definition) is 0. The van der Waals surface area contributed by atoms with Crippen LogP contribution in [0.4, 0.5) is 0 Å². The molecule has 5 nitrogen and oxygen atoms in total. The van der Waals surface area contributed by atoms with Gasteiger partial charge in [-0.2, -0.15) is 0 Å². The highest BCUT2D eigenvalue weighted by molar-refractivity contribution is 7.99. The van der Waals surface area contributed by atoms with Crippen molar-refractivity contribution in [1.82, 2.24) is 19.7 Å². The SMILES string of the molecule is C[C@H]1CCC[C@H](C)N1C(=O)CSc1nnc(-c2ccc(Cl)cc2)n1-c1ccccc1. The Balaban J connectivity index is 1.62. The quantitative estimate of drug-likeness (QED) is 0.493. The molecule has 0 spiro atoms. The van der Waals surface area contributed by atoms with Crippen molar-refractivity contribution in [3.8, 4) is 17.1 Å². The maximum atomic E-state index is 13.0. The van der Waals surface area contributed by atoms with Crippen molar-refractivity contribution < 1.29 is 4.79 Å². The Morgan fingerprint density at radius 2 is 1.70 bits per heavy atom. The Bertz CT molecular complexity index is 996. The third-order valence-electron chi connectivity index (χ3n) is 5.56. The summed E-state index contributed by atoms with van der Waals surface area (Å²) in [5.41, 5.74) is 1.88. The molecule has 1 amide bonds. The van der Waals surface area contributed by atoms with E-state index >= 15 is 0 Å². The minimum atomic E-state index is 0.162. The molecule has 1 aliphatic heterocycles. The fraction of sp³-hybridized carbons (Fsp3) is 0.348. The molecule has 0 aliphatic carbocycles. The predicted octanol–water partition coefficient (Wildman–Crippen LogP) is 5.47. The summed E-state index contributed by atoms with van der Waals surface area (Å²) in [5, 5.41) is 10.2. The van der Waals surface area contributed by atoms with Gasteiger partial charge in [-0.3, -0.25) is 9.36 Å². The number of para-hydroxylation sites is 1. The largest absolute Gasteiger partial charge is 0.337 e. The molecule has 2 atom stereocenters. The highest BCUT2D eigenvalue weighted by Crippen LogP contribution is 2.30. The van der Waals surface area contributed by atoms with Crippen LogP contribution in [0.15, 0.2) is 59.8 Å². The molecule has 156 valence electrons. The number of halogens is 1. The van der Waals surface area contributed by atoms with Gasteiger partial charge in [0.15, 0.2) is 11.0 Å². The average molecular weight is 441 g/mol. The van der Waals surface area contributed by atoms with E-state index in [1.807, 2.05) is 64.1 Å². The first-order valence-electron chi connectivity index (χ1n) is 10.3. The highest BCUT2D eigenvalue weighted by atomic mass is 35.5. The molecule has 30 heavy (non-hydrogen) atoms. The Morgan fingerprint density at radius 3 is 2.37 bits per heavy atom. The predicted molar refractivity (Wildman–Crippen MR) is 122 cm³/mol. The number of rotatable bonds is 5. The van der Waals surface area contributed by atoms with E-state index in [0.29, 0.717) is 28.0 Å². The summed E-state index contributed by atoms with van der Waals surface area (Å²) in [4.78, 5) is 15.0. The van der Waals surface area contributed by atoms with E-state index in [1.165, 1.54) is 18.2 Å². The van der Waals surface area contributed by atoms with Crippen LogP contribution in [0.5, 0.6) is 0 Å². The first-order valence-corrected chi connectivity index (χ1v) is 11.6. The Kier molecular flexibility index (Phi) is 6.44. The third-order valence-corrected chi connectivity index (χ3v) is 6.72. The molecule has 3 aromatic rings. The summed E-state index contributed by atoms with van der Waals surface area (Å²) < 4.78 is 2.00. The molecule has 0 N–H and O–H groups in total. The maximum Gasteiger partial charge on any atom is 0.233 e. The monoisotopic (exact) mass is 440 g/mol.